The fourth-order valence-corrected chi connectivity index (χ4v) is 0.884. The standard InChI is InChI=1S/C4H4N2S/c5-3-4-6-1-2-7-4/h1-2,4,6H. The first-order valence-electron chi connectivity index (χ1n) is 1.89. The third-order valence-electron chi connectivity index (χ3n) is 0.648. The van der Waals surface area contributed by atoms with Crippen molar-refractivity contribution < 1.29 is 0 Å². The Balaban J connectivity index is 2.39. The van der Waals surface area contributed by atoms with Gasteiger partial charge in [0.1, 0.15) is 0 Å². The van der Waals surface area contributed by atoms with E-state index in [4.69, 9.17) is 5.26 Å². The van der Waals surface area contributed by atoms with Crippen LogP contribution >= 0.6 is 11.8 Å². The van der Waals surface area contributed by atoms with Gasteiger partial charge in [0.15, 0.2) is 5.37 Å². The van der Waals surface area contributed by atoms with E-state index in [2.05, 4.69) is 11.4 Å². The Hall–Kier alpha value is -0.620. The molecule has 1 rings (SSSR count). The molecule has 0 fully saturated rings. The third-order valence-corrected chi connectivity index (χ3v) is 1.45. The number of rotatable bonds is 0. The average molecular weight is 112 g/mol. The van der Waals surface area contributed by atoms with Crippen molar-refractivity contribution in [2.75, 3.05) is 0 Å². The minimum Gasteiger partial charge on any atom is -0.367 e. The smallest absolute Gasteiger partial charge is 0.165 e. The molecule has 1 heterocycles. The number of hydrogen-bond donors (Lipinski definition) is 1. The van der Waals surface area contributed by atoms with Crippen molar-refractivity contribution in [3.8, 4) is 6.07 Å². The summed E-state index contributed by atoms with van der Waals surface area (Å²) in [6, 6.07) is 2.05. The van der Waals surface area contributed by atoms with Crippen molar-refractivity contribution in [2.45, 2.75) is 5.37 Å². The summed E-state index contributed by atoms with van der Waals surface area (Å²) in [5.41, 5.74) is 0. The molecular weight excluding hydrogens is 108 g/mol. The van der Waals surface area contributed by atoms with Crippen LogP contribution in [0.1, 0.15) is 0 Å². The molecule has 0 radical (unpaired) electrons. The van der Waals surface area contributed by atoms with Crippen molar-refractivity contribution in [3.63, 3.8) is 0 Å². The number of nitrogens with one attached hydrogen (secondary N) is 1. The molecule has 0 saturated heterocycles. The normalized spacial score (nSPS) is 26.4. The van der Waals surface area contributed by atoms with E-state index >= 15 is 0 Å². The molecule has 0 saturated carbocycles. The first kappa shape index (κ1) is 4.54. The van der Waals surface area contributed by atoms with E-state index in [-0.39, 0.29) is 5.37 Å². The second-order valence-electron chi connectivity index (χ2n) is 1.11. The van der Waals surface area contributed by atoms with Gasteiger partial charge in [-0.2, -0.15) is 5.26 Å². The van der Waals surface area contributed by atoms with Crippen LogP contribution in [0.4, 0.5) is 0 Å². The van der Waals surface area contributed by atoms with Crippen LogP contribution in [0, 0.1) is 11.3 Å². The maximum absolute atomic E-state index is 8.19. The number of nitriles is 1. The first-order valence-corrected chi connectivity index (χ1v) is 2.84. The molecule has 7 heavy (non-hydrogen) atoms. The van der Waals surface area contributed by atoms with Crippen LogP contribution in [0.25, 0.3) is 0 Å². The van der Waals surface area contributed by atoms with Gasteiger partial charge in [-0.3, -0.25) is 0 Å². The van der Waals surface area contributed by atoms with Gasteiger partial charge in [-0.05, 0) is 5.41 Å². The predicted octanol–water partition coefficient (Wildman–Crippen LogP) is 0.644. The van der Waals surface area contributed by atoms with Crippen LogP contribution in [-0.4, -0.2) is 5.37 Å². The lowest BCUT2D eigenvalue weighted by Crippen LogP contribution is -2.11. The van der Waals surface area contributed by atoms with Crippen molar-refractivity contribution in [1.29, 1.82) is 5.26 Å². The molecule has 3 heteroatoms. The molecule has 0 aromatic carbocycles. The molecule has 2 nitrogen and oxygen atoms in total. The van der Waals surface area contributed by atoms with E-state index in [0.29, 0.717) is 0 Å². The van der Waals surface area contributed by atoms with Crippen molar-refractivity contribution in [1.82, 2.24) is 5.32 Å². The number of hydrogen-bond acceptors (Lipinski definition) is 3. The second kappa shape index (κ2) is 1.90. The van der Waals surface area contributed by atoms with E-state index < -0.39 is 0 Å². The Morgan fingerprint density at radius 1 is 1.86 bits per heavy atom. The van der Waals surface area contributed by atoms with Gasteiger partial charge in [0.2, 0.25) is 0 Å². The quantitative estimate of drug-likeness (QED) is 0.499. The Bertz CT molecular complexity index is 116. The van der Waals surface area contributed by atoms with E-state index in [9.17, 15) is 0 Å². The molecule has 0 aliphatic carbocycles. The van der Waals surface area contributed by atoms with Gasteiger partial charge >= 0.3 is 0 Å². The Kier molecular flexibility index (Phi) is 1.23. The molecule has 1 aliphatic rings. The third kappa shape index (κ3) is 0.875. The topological polar surface area (TPSA) is 35.8 Å². The molecule has 0 amide bonds. The average Bonchev–Trinajstić information content (AvgIpc) is 2.14. The maximum atomic E-state index is 8.19. The van der Waals surface area contributed by atoms with Gasteiger partial charge in [0.05, 0.1) is 6.07 Å². The number of nitrogens with zero attached hydrogens (tertiary/aromatic N) is 1. The molecule has 0 aromatic heterocycles. The van der Waals surface area contributed by atoms with Crippen LogP contribution < -0.4 is 5.32 Å². The number of thioether (sulfide) groups is 1. The molecule has 36 valence electrons. The summed E-state index contributed by atoms with van der Waals surface area (Å²) in [7, 11) is 0. The fraction of sp³-hybridized carbons (Fsp3) is 0.250. The fourth-order valence-electron chi connectivity index (χ4n) is 0.352. The second-order valence-corrected chi connectivity index (χ2v) is 2.13. The summed E-state index contributed by atoms with van der Waals surface area (Å²) < 4.78 is 0. The molecule has 1 aliphatic heterocycles. The Labute approximate surface area is 46.2 Å². The highest BCUT2D eigenvalue weighted by Gasteiger charge is 2.05. The van der Waals surface area contributed by atoms with Gasteiger partial charge < -0.3 is 5.32 Å². The summed E-state index contributed by atoms with van der Waals surface area (Å²) in [5.74, 6) is 0. The van der Waals surface area contributed by atoms with Gasteiger partial charge in [-0.25, -0.2) is 0 Å². The summed E-state index contributed by atoms with van der Waals surface area (Å²) in [4.78, 5) is 0. The Morgan fingerprint density at radius 2 is 2.71 bits per heavy atom. The van der Waals surface area contributed by atoms with Crippen LogP contribution in [0.3, 0.4) is 0 Å². The monoisotopic (exact) mass is 112 g/mol. The molecule has 1 unspecified atom stereocenters. The largest absolute Gasteiger partial charge is 0.367 e. The van der Waals surface area contributed by atoms with Crippen molar-refractivity contribution in [2.24, 2.45) is 0 Å². The summed E-state index contributed by atoms with van der Waals surface area (Å²) in [6.07, 6.45) is 1.78. The van der Waals surface area contributed by atoms with E-state index in [1.165, 1.54) is 11.8 Å². The zero-order valence-electron chi connectivity index (χ0n) is 3.59. The van der Waals surface area contributed by atoms with Gasteiger partial charge in [0, 0.05) is 6.20 Å². The SMILES string of the molecule is N#CC1NC=CS1. The summed E-state index contributed by atoms with van der Waals surface area (Å²) >= 11 is 1.49. The lowest BCUT2D eigenvalue weighted by molar-refractivity contribution is 0.956. The first-order chi connectivity index (χ1) is 3.43. The van der Waals surface area contributed by atoms with Crippen molar-refractivity contribution in [3.05, 3.63) is 11.6 Å². The van der Waals surface area contributed by atoms with E-state index in [1.807, 2.05) is 5.41 Å². The molecule has 1 N–H and O–H groups in total. The highest BCUT2D eigenvalue weighted by atomic mass is 32.2. The highest BCUT2D eigenvalue weighted by Crippen LogP contribution is 2.12. The van der Waals surface area contributed by atoms with Gasteiger partial charge in [0.25, 0.3) is 0 Å². The minimum absolute atomic E-state index is 0.0417. The van der Waals surface area contributed by atoms with Crippen LogP contribution in [0.5, 0.6) is 0 Å². The molecule has 1 atom stereocenters. The van der Waals surface area contributed by atoms with Gasteiger partial charge in [-0.15, -0.1) is 0 Å². The van der Waals surface area contributed by atoms with E-state index in [1.54, 1.807) is 6.20 Å². The van der Waals surface area contributed by atoms with Crippen LogP contribution in [0.15, 0.2) is 11.6 Å². The Morgan fingerprint density at radius 3 is 3.00 bits per heavy atom. The molecule has 0 aromatic rings. The molecule has 0 spiro atoms. The maximum Gasteiger partial charge on any atom is 0.165 e. The summed E-state index contributed by atoms with van der Waals surface area (Å²) in [6.45, 7) is 0. The van der Waals surface area contributed by atoms with E-state index in [0.717, 1.165) is 0 Å². The zero-order chi connectivity index (χ0) is 5.11. The van der Waals surface area contributed by atoms with Crippen LogP contribution in [0.2, 0.25) is 0 Å². The minimum atomic E-state index is -0.0417. The molecular formula is C4H4N2S. The van der Waals surface area contributed by atoms with Crippen LogP contribution in [-0.2, 0) is 0 Å². The summed E-state index contributed by atoms with van der Waals surface area (Å²) in [5, 5.41) is 12.8. The zero-order valence-corrected chi connectivity index (χ0v) is 4.40. The van der Waals surface area contributed by atoms with Gasteiger partial charge in [-0.1, -0.05) is 11.8 Å². The predicted molar refractivity (Wildman–Crippen MR) is 29.3 cm³/mol. The highest BCUT2D eigenvalue weighted by molar-refractivity contribution is 8.03. The molecule has 0 bridgehead atoms. The lowest BCUT2D eigenvalue weighted by atomic mass is 10.7. The lowest BCUT2D eigenvalue weighted by Gasteiger charge is -1.92. The van der Waals surface area contributed by atoms with Crippen molar-refractivity contribution >= 4 is 11.8 Å².